The molecule has 1 aromatic heterocycles. The van der Waals surface area contributed by atoms with Gasteiger partial charge in [-0.05, 0) is 38.8 Å². The van der Waals surface area contributed by atoms with Crippen LogP contribution in [0.5, 0.6) is 0 Å². The maximum atomic E-state index is 11.6. The Balaban J connectivity index is 1.58. The van der Waals surface area contributed by atoms with Crippen LogP contribution in [0.3, 0.4) is 0 Å². The molecule has 2 fully saturated rings. The molecule has 1 N–H and O–H groups in total. The zero-order valence-corrected chi connectivity index (χ0v) is 13.4. The van der Waals surface area contributed by atoms with Crippen molar-refractivity contribution >= 4 is 9.84 Å². The Labute approximate surface area is 126 Å². The lowest BCUT2D eigenvalue weighted by Crippen LogP contribution is -2.26. The number of nitrogens with zero attached hydrogens (tertiary/aromatic N) is 1. The molecule has 1 aliphatic carbocycles. The molecule has 0 spiro atoms. The fraction of sp³-hybridized carbons (Fsp3) is 0.733. The minimum atomic E-state index is -2.84. The average Bonchev–Trinajstić information content (AvgIpc) is 3.20. The van der Waals surface area contributed by atoms with Crippen molar-refractivity contribution in [2.45, 2.75) is 45.3 Å². The van der Waals surface area contributed by atoms with Crippen molar-refractivity contribution in [2.24, 2.45) is 0 Å². The van der Waals surface area contributed by atoms with Crippen molar-refractivity contribution in [3.8, 4) is 0 Å². The summed E-state index contributed by atoms with van der Waals surface area (Å²) in [7, 11) is -2.84. The maximum Gasteiger partial charge on any atom is 0.151 e. The van der Waals surface area contributed by atoms with Crippen LogP contribution in [0, 0.1) is 6.92 Å². The van der Waals surface area contributed by atoms with Gasteiger partial charge in [0.25, 0.3) is 0 Å². The molecule has 0 bridgehead atoms. The molecular formula is C15H24N2O3S. The van der Waals surface area contributed by atoms with Gasteiger partial charge in [0.1, 0.15) is 11.5 Å². The van der Waals surface area contributed by atoms with E-state index in [1.807, 2.05) is 6.92 Å². The van der Waals surface area contributed by atoms with Crippen LogP contribution in [0.4, 0.5) is 0 Å². The van der Waals surface area contributed by atoms with E-state index in [9.17, 15) is 8.42 Å². The molecule has 0 amide bonds. The van der Waals surface area contributed by atoms with Crippen LogP contribution in [0.25, 0.3) is 0 Å². The number of hydrogen-bond acceptors (Lipinski definition) is 5. The van der Waals surface area contributed by atoms with Gasteiger partial charge in [0, 0.05) is 24.7 Å². The normalized spacial score (nSPS) is 23.1. The Morgan fingerprint density at radius 1 is 1.33 bits per heavy atom. The zero-order chi connectivity index (χ0) is 14.9. The SMILES string of the molecule is Cc1oc(CNC2CC2)cc1CN1CCCS(=O)(=O)CC1. The fourth-order valence-corrected chi connectivity index (χ4v) is 4.06. The van der Waals surface area contributed by atoms with Crippen LogP contribution in [0.2, 0.25) is 0 Å². The van der Waals surface area contributed by atoms with E-state index in [1.54, 1.807) is 0 Å². The first-order valence-electron chi connectivity index (χ1n) is 7.76. The summed E-state index contributed by atoms with van der Waals surface area (Å²) in [5, 5.41) is 3.45. The second-order valence-corrected chi connectivity index (χ2v) is 8.53. The Kier molecular flexibility index (Phi) is 4.38. The van der Waals surface area contributed by atoms with Crippen LogP contribution in [0.1, 0.15) is 36.3 Å². The van der Waals surface area contributed by atoms with Gasteiger partial charge in [-0.3, -0.25) is 4.90 Å². The van der Waals surface area contributed by atoms with Gasteiger partial charge < -0.3 is 9.73 Å². The summed E-state index contributed by atoms with van der Waals surface area (Å²) in [4.78, 5) is 2.22. The molecule has 1 aromatic rings. The molecule has 1 saturated carbocycles. The number of aryl methyl sites for hydroxylation is 1. The number of furan rings is 1. The summed E-state index contributed by atoms with van der Waals surface area (Å²) >= 11 is 0. The summed E-state index contributed by atoms with van der Waals surface area (Å²) in [5.41, 5.74) is 1.18. The average molecular weight is 312 g/mol. The van der Waals surface area contributed by atoms with E-state index in [1.165, 1.54) is 18.4 Å². The summed E-state index contributed by atoms with van der Waals surface area (Å²) in [5.74, 6) is 2.54. The summed E-state index contributed by atoms with van der Waals surface area (Å²) in [6.45, 7) is 5.04. The highest BCUT2D eigenvalue weighted by atomic mass is 32.2. The highest BCUT2D eigenvalue weighted by molar-refractivity contribution is 7.91. The third kappa shape index (κ3) is 4.31. The molecule has 21 heavy (non-hydrogen) atoms. The fourth-order valence-electron chi connectivity index (χ4n) is 2.75. The number of hydrogen-bond donors (Lipinski definition) is 1. The molecular weight excluding hydrogens is 288 g/mol. The van der Waals surface area contributed by atoms with Gasteiger partial charge in [0.2, 0.25) is 0 Å². The van der Waals surface area contributed by atoms with Gasteiger partial charge in [-0.2, -0.15) is 0 Å². The molecule has 0 atom stereocenters. The number of nitrogens with one attached hydrogen (secondary N) is 1. The van der Waals surface area contributed by atoms with Crippen molar-refractivity contribution in [1.29, 1.82) is 0 Å². The highest BCUT2D eigenvalue weighted by Crippen LogP contribution is 2.21. The van der Waals surface area contributed by atoms with E-state index in [2.05, 4.69) is 16.3 Å². The second-order valence-electron chi connectivity index (χ2n) is 6.23. The second kappa shape index (κ2) is 6.10. The van der Waals surface area contributed by atoms with E-state index in [0.717, 1.165) is 37.6 Å². The van der Waals surface area contributed by atoms with Crippen LogP contribution in [0.15, 0.2) is 10.5 Å². The zero-order valence-electron chi connectivity index (χ0n) is 12.6. The minimum absolute atomic E-state index is 0.278. The van der Waals surface area contributed by atoms with Gasteiger partial charge >= 0.3 is 0 Å². The maximum absolute atomic E-state index is 11.6. The molecule has 0 radical (unpaired) electrons. The molecule has 3 rings (SSSR count). The molecule has 6 heteroatoms. The predicted molar refractivity (Wildman–Crippen MR) is 81.9 cm³/mol. The lowest BCUT2D eigenvalue weighted by Gasteiger charge is -2.18. The Hall–Kier alpha value is -0.850. The third-order valence-electron chi connectivity index (χ3n) is 4.26. The Bertz CT molecular complexity index is 590. The van der Waals surface area contributed by atoms with Crippen LogP contribution >= 0.6 is 0 Å². The lowest BCUT2D eigenvalue weighted by atomic mass is 10.2. The molecule has 1 aliphatic heterocycles. The van der Waals surface area contributed by atoms with Crippen molar-refractivity contribution in [3.05, 3.63) is 23.2 Å². The molecule has 118 valence electrons. The summed E-state index contributed by atoms with van der Waals surface area (Å²) in [6, 6.07) is 2.79. The number of sulfone groups is 1. The van der Waals surface area contributed by atoms with Crippen LogP contribution in [-0.4, -0.2) is 44.0 Å². The van der Waals surface area contributed by atoms with Crippen LogP contribution in [-0.2, 0) is 22.9 Å². The van der Waals surface area contributed by atoms with Crippen molar-refractivity contribution in [1.82, 2.24) is 10.2 Å². The first kappa shape index (κ1) is 15.1. The van der Waals surface area contributed by atoms with Crippen molar-refractivity contribution in [2.75, 3.05) is 24.6 Å². The van der Waals surface area contributed by atoms with Gasteiger partial charge in [0.15, 0.2) is 9.84 Å². The highest BCUT2D eigenvalue weighted by Gasteiger charge is 2.22. The molecule has 2 aliphatic rings. The summed E-state index contributed by atoms with van der Waals surface area (Å²) in [6.07, 6.45) is 3.28. The van der Waals surface area contributed by atoms with Gasteiger partial charge in [-0.15, -0.1) is 0 Å². The van der Waals surface area contributed by atoms with E-state index in [-0.39, 0.29) is 5.75 Å². The lowest BCUT2D eigenvalue weighted by molar-refractivity contribution is 0.285. The van der Waals surface area contributed by atoms with E-state index >= 15 is 0 Å². The predicted octanol–water partition coefficient (Wildman–Crippen LogP) is 1.46. The first-order valence-corrected chi connectivity index (χ1v) is 9.58. The Morgan fingerprint density at radius 2 is 2.14 bits per heavy atom. The molecule has 1 saturated heterocycles. The van der Waals surface area contributed by atoms with Crippen molar-refractivity contribution in [3.63, 3.8) is 0 Å². The van der Waals surface area contributed by atoms with Gasteiger partial charge in [-0.1, -0.05) is 0 Å². The summed E-state index contributed by atoms with van der Waals surface area (Å²) < 4.78 is 29.1. The van der Waals surface area contributed by atoms with Gasteiger partial charge in [0.05, 0.1) is 18.1 Å². The van der Waals surface area contributed by atoms with Crippen LogP contribution < -0.4 is 5.32 Å². The van der Waals surface area contributed by atoms with E-state index in [4.69, 9.17) is 4.42 Å². The van der Waals surface area contributed by atoms with E-state index in [0.29, 0.717) is 18.3 Å². The Morgan fingerprint density at radius 3 is 2.90 bits per heavy atom. The number of rotatable bonds is 5. The van der Waals surface area contributed by atoms with Gasteiger partial charge in [-0.25, -0.2) is 8.42 Å². The van der Waals surface area contributed by atoms with E-state index < -0.39 is 9.84 Å². The minimum Gasteiger partial charge on any atom is -0.465 e. The van der Waals surface area contributed by atoms with Crippen molar-refractivity contribution < 1.29 is 12.8 Å². The standard InChI is InChI=1S/C15H24N2O3S/c1-12-13(9-15(20-12)10-16-14-3-4-14)11-17-5-2-7-21(18,19)8-6-17/h9,14,16H,2-8,10-11H2,1H3. The third-order valence-corrected chi connectivity index (χ3v) is 5.97. The molecule has 0 aromatic carbocycles. The quantitative estimate of drug-likeness (QED) is 0.892. The topological polar surface area (TPSA) is 62.6 Å². The molecule has 0 unspecified atom stereocenters. The smallest absolute Gasteiger partial charge is 0.151 e. The molecule has 2 heterocycles. The first-order chi connectivity index (χ1) is 10.0. The molecule has 5 nitrogen and oxygen atoms in total. The monoisotopic (exact) mass is 312 g/mol. The largest absolute Gasteiger partial charge is 0.465 e.